The zero-order valence-electron chi connectivity index (χ0n) is 14.9. The molecular weight excluding hydrogens is 410 g/mol. The molecule has 0 aliphatic carbocycles. The van der Waals surface area contributed by atoms with Gasteiger partial charge in [0.15, 0.2) is 12.5 Å². The van der Waals surface area contributed by atoms with Crippen LogP contribution in [0.5, 0.6) is 0 Å². The normalized spacial score (nSPS) is 18.9. The van der Waals surface area contributed by atoms with Gasteiger partial charge in [-0.2, -0.15) is 8.42 Å². The third-order valence-corrected chi connectivity index (χ3v) is 4.78. The minimum atomic E-state index is -4.53. The number of aliphatic hydroxyl groups is 2. The minimum Gasteiger partial charge on any atom is -0.369 e. The van der Waals surface area contributed by atoms with Crippen molar-refractivity contribution in [2.45, 2.75) is 25.3 Å². The summed E-state index contributed by atoms with van der Waals surface area (Å²) < 4.78 is 35.4. The molecule has 2 atom stereocenters. The molecule has 29 heavy (non-hydrogen) atoms. The Morgan fingerprint density at radius 3 is 2.66 bits per heavy atom. The van der Waals surface area contributed by atoms with Crippen LogP contribution in [0.2, 0.25) is 0 Å². The molecule has 1 aromatic carbocycles. The van der Waals surface area contributed by atoms with Crippen molar-refractivity contribution >= 4 is 27.5 Å². The first kappa shape index (κ1) is 20.9. The van der Waals surface area contributed by atoms with Crippen molar-refractivity contribution in [3.05, 3.63) is 41.0 Å². The number of nitro groups is 1. The van der Waals surface area contributed by atoms with Gasteiger partial charge in [0.05, 0.1) is 29.2 Å². The average Bonchev–Trinajstić information content (AvgIpc) is 3.17. The number of hydrogen-bond acceptors (Lipinski definition) is 10. The first-order chi connectivity index (χ1) is 13.7. The lowest BCUT2D eigenvalue weighted by molar-refractivity contribution is -0.384. The van der Waals surface area contributed by atoms with Crippen LogP contribution in [0, 0.1) is 10.1 Å². The van der Waals surface area contributed by atoms with E-state index in [1.807, 2.05) is 0 Å². The summed E-state index contributed by atoms with van der Waals surface area (Å²) in [5.41, 5.74) is 0.663. The summed E-state index contributed by atoms with van der Waals surface area (Å²) in [6.07, 6.45) is 2.24. The van der Waals surface area contributed by atoms with Crippen molar-refractivity contribution in [2.24, 2.45) is 0 Å². The van der Waals surface area contributed by atoms with Gasteiger partial charge in [-0.3, -0.25) is 14.7 Å². The summed E-state index contributed by atoms with van der Waals surface area (Å²) in [6.45, 7) is -0.0695. The van der Waals surface area contributed by atoms with Gasteiger partial charge < -0.3 is 25.0 Å². The molecule has 0 saturated carbocycles. The standard InChI is InChI=1S/C15H19N5O8S/c21-14-15(22)19(4-1-2-6-28-29(25,26)27)11-8-12(18-5-3-16-9-18)13(20(23)24)7-10(11)17-14/h3,5,7-9,14-15,17,21-22H,1-2,4,6H2,(H,25,26,27). The highest BCUT2D eigenvalue weighted by Crippen LogP contribution is 2.39. The second kappa shape index (κ2) is 8.30. The van der Waals surface area contributed by atoms with Crippen molar-refractivity contribution in [3.63, 3.8) is 0 Å². The molecule has 0 radical (unpaired) electrons. The van der Waals surface area contributed by atoms with Gasteiger partial charge in [-0.25, -0.2) is 9.17 Å². The highest BCUT2D eigenvalue weighted by molar-refractivity contribution is 7.80. The van der Waals surface area contributed by atoms with Crippen molar-refractivity contribution < 1.29 is 32.3 Å². The molecule has 4 N–H and O–H groups in total. The fourth-order valence-electron chi connectivity index (χ4n) is 3.02. The van der Waals surface area contributed by atoms with Crippen LogP contribution in [0.4, 0.5) is 17.1 Å². The van der Waals surface area contributed by atoms with E-state index >= 15 is 0 Å². The molecule has 1 aliphatic heterocycles. The summed E-state index contributed by atoms with van der Waals surface area (Å²) in [4.78, 5) is 16.3. The van der Waals surface area contributed by atoms with Crippen molar-refractivity contribution in [2.75, 3.05) is 23.4 Å². The minimum absolute atomic E-state index is 0.183. The highest BCUT2D eigenvalue weighted by Gasteiger charge is 2.33. The fraction of sp³-hybridized carbons (Fsp3) is 0.400. The largest absolute Gasteiger partial charge is 0.397 e. The monoisotopic (exact) mass is 429 g/mol. The maximum Gasteiger partial charge on any atom is 0.397 e. The maximum atomic E-state index is 11.5. The van der Waals surface area contributed by atoms with E-state index in [-0.39, 0.29) is 36.6 Å². The van der Waals surface area contributed by atoms with Gasteiger partial charge in [0.1, 0.15) is 5.69 Å². The van der Waals surface area contributed by atoms with Crippen LogP contribution in [0.15, 0.2) is 30.9 Å². The number of nitrogens with one attached hydrogen (secondary N) is 1. The molecular formula is C15H19N5O8S. The van der Waals surface area contributed by atoms with Crippen molar-refractivity contribution in [1.29, 1.82) is 0 Å². The molecule has 0 amide bonds. The molecule has 2 unspecified atom stereocenters. The lowest BCUT2D eigenvalue weighted by Gasteiger charge is -2.39. The molecule has 2 heterocycles. The number of hydrogen-bond donors (Lipinski definition) is 4. The number of nitro benzene ring substituents is 1. The van der Waals surface area contributed by atoms with Crippen LogP contribution in [0.25, 0.3) is 5.69 Å². The number of benzene rings is 1. The Hall–Kier alpha value is -2.78. The highest BCUT2D eigenvalue weighted by atomic mass is 32.3. The number of aromatic nitrogens is 2. The van der Waals surface area contributed by atoms with Crippen LogP contribution in [0.3, 0.4) is 0 Å². The van der Waals surface area contributed by atoms with Gasteiger partial charge in [0, 0.05) is 25.0 Å². The summed E-state index contributed by atoms with van der Waals surface area (Å²) >= 11 is 0. The predicted molar refractivity (Wildman–Crippen MR) is 99.9 cm³/mol. The summed E-state index contributed by atoms with van der Waals surface area (Å²) in [5, 5.41) is 34.5. The third-order valence-electron chi connectivity index (χ3n) is 4.31. The number of fused-ring (bicyclic) bond motifs is 1. The van der Waals surface area contributed by atoms with E-state index in [0.29, 0.717) is 12.1 Å². The van der Waals surface area contributed by atoms with Gasteiger partial charge >= 0.3 is 10.4 Å². The number of unbranched alkanes of at least 4 members (excludes halogenated alkanes) is 1. The van der Waals surface area contributed by atoms with E-state index in [4.69, 9.17) is 4.55 Å². The van der Waals surface area contributed by atoms with Gasteiger partial charge in [-0.15, -0.1) is 0 Å². The molecule has 1 aromatic heterocycles. The van der Waals surface area contributed by atoms with E-state index in [1.54, 1.807) is 0 Å². The molecule has 14 heteroatoms. The second-order valence-electron chi connectivity index (χ2n) is 6.24. The Morgan fingerprint density at radius 2 is 2.03 bits per heavy atom. The quantitative estimate of drug-likeness (QED) is 0.195. The summed E-state index contributed by atoms with van der Waals surface area (Å²) in [6, 6.07) is 2.75. The zero-order valence-corrected chi connectivity index (χ0v) is 15.8. The Bertz CT molecular complexity index is 981. The third kappa shape index (κ3) is 4.80. The molecule has 0 saturated heterocycles. The van der Waals surface area contributed by atoms with E-state index in [1.165, 1.54) is 40.3 Å². The van der Waals surface area contributed by atoms with Gasteiger partial charge in [0.25, 0.3) is 5.69 Å². The van der Waals surface area contributed by atoms with Crippen LogP contribution < -0.4 is 10.2 Å². The van der Waals surface area contributed by atoms with Crippen LogP contribution in [0.1, 0.15) is 12.8 Å². The van der Waals surface area contributed by atoms with Gasteiger partial charge in [0.2, 0.25) is 0 Å². The van der Waals surface area contributed by atoms with Crippen LogP contribution in [-0.2, 0) is 14.6 Å². The average molecular weight is 429 g/mol. The predicted octanol–water partition coefficient (Wildman–Crippen LogP) is 0.249. The Labute approximate surface area is 165 Å². The first-order valence-corrected chi connectivity index (χ1v) is 9.86. The number of anilines is 2. The number of rotatable bonds is 8. The Balaban J connectivity index is 1.88. The summed E-state index contributed by atoms with van der Waals surface area (Å²) in [7, 11) is -4.53. The van der Waals surface area contributed by atoms with Gasteiger partial charge in [-0.1, -0.05) is 0 Å². The SMILES string of the molecule is O=[N+]([O-])c1cc2c(cc1-n1ccnc1)N(CCCCOS(=O)(=O)O)C(O)C(O)N2. The molecule has 158 valence electrons. The van der Waals surface area contributed by atoms with E-state index < -0.39 is 27.8 Å². The molecule has 0 spiro atoms. The smallest absolute Gasteiger partial charge is 0.369 e. The zero-order chi connectivity index (χ0) is 21.2. The lowest BCUT2D eigenvalue weighted by Crippen LogP contribution is -2.51. The number of nitrogens with zero attached hydrogens (tertiary/aromatic N) is 4. The molecule has 2 aromatic rings. The maximum absolute atomic E-state index is 11.5. The molecule has 0 fully saturated rings. The second-order valence-corrected chi connectivity index (χ2v) is 7.33. The van der Waals surface area contributed by atoms with E-state index in [0.717, 1.165) is 0 Å². The molecule has 13 nitrogen and oxygen atoms in total. The topological polar surface area (TPSA) is 180 Å². The van der Waals surface area contributed by atoms with E-state index in [9.17, 15) is 28.7 Å². The van der Waals surface area contributed by atoms with E-state index in [2.05, 4.69) is 14.5 Å². The number of imidazole rings is 1. The summed E-state index contributed by atoms with van der Waals surface area (Å²) in [5.74, 6) is 0. The lowest BCUT2D eigenvalue weighted by atomic mass is 10.1. The van der Waals surface area contributed by atoms with Crippen LogP contribution in [-0.4, -0.2) is 63.3 Å². The van der Waals surface area contributed by atoms with Crippen LogP contribution >= 0.6 is 0 Å². The van der Waals surface area contributed by atoms with Crippen molar-refractivity contribution in [3.8, 4) is 5.69 Å². The fourth-order valence-corrected chi connectivity index (χ4v) is 3.35. The van der Waals surface area contributed by atoms with Crippen molar-refractivity contribution in [1.82, 2.24) is 9.55 Å². The molecule has 1 aliphatic rings. The Kier molecular flexibility index (Phi) is 5.99. The number of aliphatic hydroxyl groups excluding tert-OH is 2. The first-order valence-electron chi connectivity index (χ1n) is 8.49. The molecule has 0 bridgehead atoms. The van der Waals surface area contributed by atoms with Gasteiger partial charge in [-0.05, 0) is 18.9 Å². The molecule has 3 rings (SSSR count). The Morgan fingerprint density at radius 1 is 1.28 bits per heavy atom.